The average Bonchev–Trinajstić information content (AvgIpc) is 3.26. The van der Waals surface area contributed by atoms with Gasteiger partial charge in [-0.05, 0) is 62.1 Å². The fourth-order valence-corrected chi connectivity index (χ4v) is 4.55. The number of nitrogen functional groups attached to an aromatic ring is 1. The Morgan fingerprint density at radius 3 is 2.16 bits per heavy atom. The molecule has 1 heterocycles. The quantitative estimate of drug-likeness (QED) is 0.373. The first-order valence-electron chi connectivity index (χ1n) is 11.5. The Kier molecular flexibility index (Phi) is 8.46. The molecule has 1 aromatic heterocycles. The predicted molar refractivity (Wildman–Crippen MR) is 145 cm³/mol. The summed E-state index contributed by atoms with van der Waals surface area (Å²) in [5.74, 6) is -0.904. The third-order valence-electron chi connectivity index (χ3n) is 5.45. The van der Waals surface area contributed by atoms with Crippen LogP contribution in [0.4, 0.5) is 11.4 Å². The molecule has 0 radical (unpaired) electrons. The molecule has 0 saturated carbocycles. The van der Waals surface area contributed by atoms with E-state index in [1.165, 1.54) is 26.2 Å². The van der Waals surface area contributed by atoms with Crippen molar-refractivity contribution in [1.29, 1.82) is 0 Å². The zero-order chi connectivity index (χ0) is 28.2. The molecule has 2 aromatic carbocycles. The van der Waals surface area contributed by atoms with Gasteiger partial charge in [-0.15, -0.1) is 0 Å². The van der Waals surface area contributed by atoms with Gasteiger partial charge in [0.2, 0.25) is 5.91 Å². The van der Waals surface area contributed by atoms with Crippen LogP contribution in [-0.4, -0.2) is 49.0 Å². The highest BCUT2D eigenvalue weighted by Crippen LogP contribution is 2.40. The Labute approximate surface area is 224 Å². The van der Waals surface area contributed by atoms with Crippen molar-refractivity contribution in [1.82, 2.24) is 9.69 Å². The maximum atomic E-state index is 14.2. The number of carbonyl (C=O) groups is 3. The first-order chi connectivity index (χ1) is 17.9. The number of methoxy groups -OCH3 is 3. The molecule has 0 bridgehead atoms. The van der Waals surface area contributed by atoms with Gasteiger partial charge in [0, 0.05) is 5.54 Å². The maximum absolute atomic E-state index is 14.2. The van der Waals surface area contributed by atoms with Gasteiger partial charge in [0.15, 0.2) is 17.2 Å². The number of anilines is 2. The molecule has 38 heavy (non-hydrogen) atoms. The number of rotatable bonds is 9. The lowest BCUT2D eigenvalue weighted by Gasteiger charge is -2.34. The normalized spacial score (nSPS) is 11.8. The molecule has 12 heteroatoms. The van der Waals surface area contributed by atoms with Gasteiger partial charge in [0.1, 0.15) is 16.7 Å². The van der Waals surface area contributed by atoms with Gasteiger partial charge in [0.05, 0.1) is 32.7 Å². The highest BCUT2D eigenvalue weighted by Gasteiger charge is 2.38. The third kappa shape index (κ3) is 5.80. The maximum Gasteiger partial charge on any atom is 0.273 e. The molecule has 0 saturated heterocycles. The number of hydrogen-bond acceptors (Lipinski definition) is 9. The molecule has 1 unspecified atom stereocenters. The molecule has 0 aliphatic carbocycles. The minimum atomic E-state index is -1.23. The fourth-order valence-electron chi connectivity index (χ4n) is 3.81. The van der Waals surface area contributed by atoms with Crippen molar-refractivity contribution in [2.24, 2.45) is 5.73 Å². The monoisotopic (exact) mass is 541 g/mol. The molecule has 0 spiro atoms. The van der Waals surface area contributed by atoms with E-state index < -0.39 is 29.3 Å². The largest absolute Gasteiger partial charge is 0.495 e. The van der Waals surface area contributed by atoms with E-state index in [1.807, 2.05) is 20.8 Å². The van der Waals surface area contributed by atoms with Crippen molar-refractivity contribution in [2.45, 2.75) is 32.4 Å². The summed E-state index contributed by atoms with van der Waals surface area (Å²) in [6, 6.07) is 10.4. The zero-order valence-electron chi connectivity index (χ0n) is 22.0. The smallest absolute Gasteiger partial charge is 0.273 e. The van der Waals surface area contributed by atoms with Crippen LogP contribution < -0.4 is 35.9 Å². The van der Waals surface area contributed by atoms with Crippen molar-refractivity contribution in [3.63, 3.8) is 0 Å². The molecule has 202 valence electrons. The summed E-state index contributed by atoms with van der Waals surface area (Å²) >= 11 is 0.716. The van der Waals surface area contributed by atoms with Gasteiger partial charge in [-0.3, -0.25) is 19.3 Å². The lowest BCUT2D eigenvalue weighted by molar-refractivity contribution is -0.123. The molecular weight excluding hydrogens is 510 g/mol. The van der Waals surface area contributed by atoms with E-state index in [4.69, 9.17) is 25.7 Å². The third-order valence-corrected chi connectivity index (χ3v) is 6.30. The number of carbonyl (C=O) groups excluding carboxylic acids is 3. The van der Waals surface area contributed by atoms with E-state index >= 15 is 0 Å². The highest BCUT2D eigenvalue weighted by molar-refractivity contribution is 7.09. The number of para-hydroxylation sites is 2. The summed E-state index contributed by atoms with van der Waals surface area (Å²) in [6.07, 6.45) is 0. The van der Waals surface area contributed by atoms with Gasteiger partial charge in [-0.2, -0.15) is 4.37 Å². The summed E-state index contributed by atoms with van der Waals surface area (Å²) in [5, 5.41) is 2.95. The van der Waals surface area contributed by atoms with Crippen LogP contribution in [0.2, 0.25) is 0 Å². The Hall–Kier alpha value is -4.32. The van der Waals surface area contributed by atoms with Crippen molar-refractivity contribution >= 4 is 40.6 Å². The summed E-state index contributed by atoms with van der Waals surface area (Å²) in [5.41, 5.74) is 11.2. The molecule has 0 aliphatic heterocycles. The van der Waals surface area contributed by atoms with Gasteiger partial charge in [0.25, 0.3) is 11.8 Å². The standard InChI is InChI=1S/C26H31N5O6S/c1-26(2,3)29-24(33)21(14-11-12-17(36-5)18(13-14)37-6)31(15-9-7-8-10-16(15)35-4)25(34)22-19(27)20(23(28)32)30-38-22/h7-13,21H,27H2,1-6H3,(H2,28,32)(H,29,33). The van der Waals surface area contributed by atoms with E-state index in [0.29, 0.717) is 34.3 Å². The number of aromatic nitrogens is 1. The Morgan fingerprint density at radius 2 is 1.61 bits per heavy atom. The minimum absolute atomic E-state index is 0.0567. The first-order valence-corrected chi connectivity index (χ1v) is 12.3. The van der Waals surface area contributed by atoms with E-state index in [1.54, 1.807) is 42.5 Å². The second kappa shape index (κ2) is 11.4. The SMILES string of the molecule is COc1ccc(C(C(=O)NC(C)(C)C)N(C(=O)c2snc(C(N)=O)c2N)c2ccccc2OC)cc1OC. The number of nitrogens with zero attached hydrogens (tertiary/aromatic N) is 2. The van der Waals surface area contributed by atoms with Crippen molar-refractivity contribution in [2.75, 3.05) is 32.0 Å². The van der Waals surface area contributed by atoms with Crippen LogP contribution >= 0.6 is 11.5 Å². The lowest BCUT2D eigenvalue weighted by atomic mass is 9.99. The van der Waals surface area contributed by atoms with Crippen molar-refractivity contribution < 1.29 is 28.6 Å². The number of primary amides is 1. The minimum Gasteiger partial charge on any atom is -0.495 e. The van der Waals surface area contributed by atoms with Crippen LogP contribution in [0.15, 0.2) is 42.5 Å². The van der Waals surface area contributed by atoms with E-state index in [-0.39, 0.29) is 21.9 Å². The van der Waals surface area contributed by atoms with Crippen LogP contribution in [-0.2, 0) is 4.79 Å². The van der Waals surface area contributed by atoms with E-state index in [9.17, 15) is 14.4 Å². The van der Waals surface area contributed by atoms with E-state index in [0.717, 1.165) is 0 Å². The number of nitrogens with one attached hydrogen (secondary N) is 1. The number of nitrogens with two attached hydrogens (primary N) is 2. The number of ether oxygens (including phenoxy) is 3. The number of hydrogen-bond donors (Lipinski definition) is 3. The molecule has 5 N–H and O–H groups in total. The molecule has 11 nitrogen and oxygen atoms in total. The van der Waals surface area contributed by atoms with Crippen LogP contribution in [0, 0.1) is 0 Å². The zero-order valence-corrected chi connectivity index (χ0v) is 22.8. The van der Waals surface area contributed by atoms with Crippen molar-refractivity contribution in [3.05, 3.63) is 58.6 Å². The first kappa shape index (κ1) is 28.3. The van der Waals surface area contributed by atoms with Gasteiger partial charge < -0.3 is 31.0 Å². The molecule has 1 atom stereocenters. The lowest BCUT2D eigenvalue weighted by Crippen LogP contribution is -2.49. The summed E-state index contributed by atoms with van der Waals surface area (Å²) in [4.78, 5) is 41.1. The Bertz CT molecular complexity index is 1350. The molecule has 3 amide bonds. The van der Waals surface area contributed by atoms with Gasteiger partial charge in [-0.1, -0.05) is 18.2 Å². The topological polar surface area (TPSA) is 159 Å². The Balaban J connectivity index is 2.33. The van der Waals surface area contributed by atoms with Crippen LogP contribution in [0.3, 0.4) is 0 Å². The van der Waals surface area contributed by atoms with Crippen LogP contribution in [0.1, 0.15) is 52.5 Å². The van der Waals surface area contributed by atoms with Crippen molar-refractivity contribution in [3.8, 4) is 17.2 Å². The van der Waals surface area contributed by atoms with E-state index in [2.05, 4.69) is 9.69 Å². The van der Waals surface area contributed by atoms with Crippen LogP contribution in [0.25, 0.3) is 0 Å². The summed E-state index contributed by atoms with van der Waals surface area (Å²) < 4.78 is 20.3. The predicted octanol–water partition coefficient (Wildman–Crippen LogP) is 3.15. The molecule has 3 aromatic rings. The molecule has 3 rings (SSSR count). The van der Waals surface area contributed by atoms with Crippen LogP contribution in [0.5, 0.6) is 17.2 Å². The second-order valence-electron chi connectivity index (χ2n) is 9.24. The summed E-state index contributed by atoms with van der Waals surface area (Å²) in [6.45, 7) is 5.48. The summed E-state index contributed by atoms with van der Waals surface area (Å²) in [7, 11) is 4.42. The highest BCUT2D eigenvalue weighted by atomic mass is 32.1. The average molecular weight is 542 g/mol. The number of amides is 3. The second-order valence-corrected chi connectivity index (χ2v) is 10.0. The Morgan fingerprint density at radius 1 is 0.974 bits per heavy atom. The fraction of sp³-hybridized carbons (Fsp3) is 0.308. The molecule has 0 fully saturated rings. The number of benzene rings is 2. The van der Waals surface area contributed by atoms with Gasteiger partial charge in [-0.25, -0.2) is 0 Å². The molecule has 0 aliphatic rings. The van der Waals surface area contributed by atoms with Gasteiger partial charge >= 0.3 is 0 Å². The molecular formula is C26H31N5O6S.